The smallest absolute Gasteiger partial charge is 0.288 e. The van der Waals surface area contributed by atoms with E-state index in [1.807, 2.05) is 19.1 Å². The second-order valence-corrected chi connectivity index (χ2v) is 6.03. The lowest BCUT2D eigenvalue weighted by Gasteiger charge is -2.30. The van der Waals surface area contributed by atoms with E-state index >= 15 is 0 Å². The molecular formula is C18H19F3N2O. The van der Waals surface area contributed by atoms with Gasteiger partial charge in [0.2, 0.25) is 5.91 Å². The highest BCUT2D eigenvalue weighted by Crippen LogP contribution is 2.41. The van der Waals surface area contributed by atoms with E-state index in [-0.39, 0.29) is 24.4 Å². The van der Waals surface area contributed by atoms with Crippen molar-refractivity contribution in [2.24, 2.45) is 0 Å². The molecule has 0 saturated carbocycles. The number of carbonyl (C=O) groups excluding carboxylic acids is 1. The summed E-state index contributed by atoms with van der Waals surface area (Å²) in [5.74, 6) is -0.379. The van der Waals surface area contributed by atoms with Gasteiger partial charge in [-0.2, -0.15) is 13.2 Å². The van der Waals surface area contributed by atoms with Gasteiger partial charge in [0, 0.05) is 13.0 Å². The number of rotatable bonds is 4. The van der Waals surface area contributed by atoms with Crippen molar-refractivity contribution >= 4 is 16.7 Å². The first-order valence-electron chi connectivity index (χ1n) is 8.05. The summed E-state index contributed by atoms with van der Waals surface area (Å²) in [6.07, 6.45) is -2.66. The number of fused-ring (bicyclic) bond motifs is 1. The third kappa shape index (κ3) is 3.11. The van der Waals surface area contributed by atoms with Crippen molar-refractivity contribution in [3.8, 4) is 0 Å². The Bertz CT molecular complexity index is 758. The lowest BCUT2D eigenvalue weighted by atomic mass is 9.93. The molecule has 1 amide bonds. The Hall–Kier alpha value is -2.08. The minimum atomic E-state index is -4.48. The summed E-state index contributed by atoms with van der Waals surface area (Å²) >= 11 is 0. The molecule has 128 valence electrons. The molecule has 2 aromatic carbocycles. The predicted octanol–water partition coefficient (Wildman–Crippen LogP) is 4.13. The van der Waals surface area contributed by atoms with E-state index in [1.54, 1.807) is 24.3 Å². The number of nitrogens with zero attached hydrogens (tertiary/aromatic N) is 1. The molecule has 1 fully saturated rings. The van der Waals surface area contributed by atoms with Crippen LogP contribution in [0.15, 0.2) is 36.4 Å². The molecule has 1 unspecified atom stereocenters. The van der Waals surface area contributed by atoms with Crippen LogP contribution < -0.4 is 5.43 Å². The van der Waals surface area contributed by atoms with Gasteiger partial charge in [0.25, 0.3) is 0 Å². The van der Waals surface area contributed by atoms with Gasteiger partial charge >= 0.3 is 6.18 Å². The van der Waals surface area contributed by atoms with Gasteiger partial charge in [-0.1, -0.05) is 49.7 Å². The summed E-state index contributed by atoms with van der Waals surface area (Å²) < 4.78 is 41.3. The largest absolute Gasteiger partial charge is 0.409 e. The number of aryl methyl sites for hydroxylation is 1. The first kappa shape index (κ1) is 16.8. The predicted molar refractivity (Wildman–Crippen MR) is 86.2 cm³/mol. The molecule has 3 rings (SSSR count). The van der Waals surface area contributed by atoms with Gasteiger partial charge in [-0.15, -0.1) is 0 Å². The number of hydrogen-bond donors (Lipinski definition) is 1. The fourth-order valence-corrected chi connectivity index (χ4v) is 3.32. The van der Waals surface area contributed by atoms with Crippen LogP contribution >= 0.6 is 0 Å². The van der Waals surface area contributed by atoms with E-state index in [0.29, 0.717) is 5.39 Å². The molecule has 1 N–H and O–H groups in total. The number of nitrogens with one attached hydrogen (secondary N) is 1. The number of halogens is 3. The van der Waals surface area contributed by atoms with Crippen LogP contribution in [0, 0.1) is 0 Å². The van der Waals surface area contributed by atoms with E-state index in [0.717, 1.165) is 28.8 Å². The first-order valence-corrected chi connectivity index (χ1v) is 8.05. The van der Waals surface area contributed by atoms with Crippen LogP contribution in [-0.4, -0.2) is 23.6 Å². The fourth-order valence-electron chi connectivity index (χ4n) is 3.32. The molecule has 1 saturated heterocycles. The minimum Gasteiger partial charge on any atom is -0.288 e. The van der Waals surface area contributed by atoms with E-state index in [1.165, 1.54) is 0 Å². The number of alkyl halides is 3. The van der Waals surface area contributed by atoms with Crippen LogP contribution in [0.1, 0.15) is 36.9 Å². The molecular weight excluding hydrogens is 317 g/mol. The summed E-state index contributed by atoms with van der Waals surface area (Å²) in [6.45, 7) is 2.09. The summed E-state index contributed by atoms with van der Waals surface area (Å²) in [4.78, 5) is 11.4. The topological polar surface area (TPSA) is 32.3 Å². The number of carbonyl (C=O) groups is 1. The summed E-state index contributed by atoms with van der Waals surface area (Å²) in [5.41, 5.74) is 3.56. The van der Waals surface area contributed by atoms with Crippen LogP contribution in [0.3, 0.4) is 0 Å². The highest BCUT2D eigenvalue weighted by molar-refractivity contribution is 5.89. The molecule has 3 nitrogen and oxygen atoms in total. The molecule has 6 heteroatoms. The molecule has 0 spiro atoms. The SMILES string of the molecule is CCCc1ccc(C(N2CCC(=O)N2)C(F)(F)F)c2ccccc12. The Labute approximate surface area is 138 Å². The van der Waals surface area contributed by atoms with Gasteiger partial charge in [-0.05, 0) is 28.3 Å². The molecule has 1 aliphatic rings. The lowest BCUT2D eigenvalue weighted by molar-refractivity contribution is -0.190. The fraction of sp³-hybridized carbons (Fsp3) is 0.389. The Kier molecular flexibility index (Phi) is 4.49. The van der Waals surface area contributed by atoms with Gasteiger partial charge in [-0.3, -0.25) is 10.2 Å². The average Bonchev–Trinajstić information content (AvgIpc) is 2.94. The van der Waals surface area contributed by atoms with Crippen molar-refractivity contribution in [2.75, 3.05) is 6.54 Å². The Morgan fingerprint density at radius 3 is 2.46 bits per heavy atom. The van der Waals surface area contributed by atoms with Crippen molar-refractivity contribution in [2.45, 2.75) is 38.4 Å². The summed E-state index contributed by atoms with van der Waals surface area (Å²) in [7, 11) is 0. The van der Waals surface area contributed by atoms with Gasteiger partial charge in [-0.25, -0.2) is 5.01 Å². The highest BCUT2D eigenvalue weighted by atomic mass is 19.4. The first-order chi connectivity index (χ1) is 11.4. The Morgan fingerprint density at radius 2 is 1.88 bits per heavy atom. The molecule has 1 aliphatic heterocycles. The Morgan fingerprint density at radius 1 is 1.17 bits per heavy atom. The zero-order chi connectivity index (χ0) is 17.3. The zero-order valence-electron chi connectivity index (χ0n) is 13.4. The van der Waals surface area contributed by atoms with Crippen molar-refractivity contribution in [3.63, 3.8) is 0 Å². The highest BCUT2D eigenvalue weighted by Gasteiger charge is 2.47. The van der Waals surface area contributed by atoms with E-state index < -0.39 is 12.2 Å². The second-order valence-electron chi connectivity index (χ2n) is 6.03. The lowest BCUT2D eigenvalue weighted by Crippen LogP contribution is -2.43. The maximum absolute atomic E-state index is 13.8. The molecule has 0 bridgehead atoms. The molecule has 0 radical (unpaired) electrons. The number of amides is 1. The van der Waals surface area contributed by atoms with Crippen molar-refractivity contribution < 1.29 is 18.0 Å². The van der Waals surface area contributed by atoms with Gasteiger partial charge in [0.15, 0.2) is 6.04 Å². The number of benzene rings is 2. The van der Waals surface area contributed by atoms with Gasteiger partial charge in [0.1, 0.15) is 0 Å². The maximum atomic E-state index is 13.8. The zero-order valence-corrected chi connectivity index (χ0v) is 13.4. The van der Waals surface area contributed by atoms with E-state index in [2.05, 4.69) is 5.43 Å². The molecule has 0 aliphatic carbocycles. The Balaban J connectivity index is 2.15. The molecule has 0 aromatic heterocycles. The van der Waals surface area contributed by atoms with Crippen molar-refractivity contribution in [3.05, 3.63) is 47.5 Å². The van der Waals surface area contributed by atoms with Crippen LogP contribution in [0.4, 0.5) is 13.2 Å². The summed E-state index contributed by atoms with van der Waals surface area (Å²) in [5, 5.41) is 2.44. The summed E-state index contributed by atoms with van der Waals surface area (Å²) in [6, 6.07) is 8.65. The van der Waals surface area contributed by atoms with Gasteiger partial charge < -0.3 is 0 Å². The maximum Gasteiger partial charge on any atom is 0.409 e. The number of hydrazine groups is 1. The van der Waals surface area contributed by atoms with Crippen molar-refractivity contribution in [1.29, 1.82) is 0 Å². The number of hydrogen-bond acceptors (Lipinski definition) is 2. The van der Waals surface area contributed by atoms with Crippen molar-refractivity contribution in [1.82, 2.24) is 10.4 Å². The normalized spacial score (nSPS) is 17.2. The molecule has 1 heterocycles. The van der Waals surface area contributed by atoms with Gasteiger partial charge in [0.05, 0.1) is 0 Å². The standard InChI is InChI=1S/C18H19F3N2O/c1-2-5-12-8-9-15(14-7-4-3-6-13(12)14)17(18(19,20)21)23-11-10-16(24)22-23/h3-4,6-9,17H,2,5,10-11H2,1H3,(H,22,24). The van der Waals surface area contributed by atoms with Crippen LogP contribution in [0.2, 0.25) is 0 Å². The third-order valence-electron chi connectivity index (χ3n) is 4.33. The second kappa shape index (κ2) is 6.43. The monoisotopic (exact) mass is 336 g/mol. The minimum absolute atomic E-state index is 0.0497. The van der Waals surface area contributed by atoms with E-state index in [9.17, 15) is 18.0 Å². The third-order valence-corrected chi connectivity index (χ3v) is 4.33. The molecule has 2 aromatic rings. The quantitative estimate of drug-likeness (QED) is 0.910. The van der Waals surface area contributed by atoms with Crippen LogP contribution in [0.5, 0.6) is 0 Å². The van der Waals surface area contributed by atoms with E-state index in [4.69, 9.17) is 0 Å². The molecule has 1 atom stereocenters. The average molecular weight is 336 g/mol. The van der Waals surface area contributed by atoms with Crippen LogP contribution in [-0.2, 0) is 11.2 Å². The molecule has 24 heavy (non-hydrogen) atoms. The van der Waals surface area contributed by atoms with Crippen LogP contribution in [0.25, 0.3) is 10.8 Å².